The molecule has 2 aromatic carbocycles. The van der Waals surface area contributed by atoms with E-state index in [-0.39, 0.29) is 0 Å². The molecule has 5 nitrogen and oxygen atoms in total. The predicted octanol–water partition coefficient (Wildman–Crippen LogP) is 6.77. The molecule has 0 saturated heterocycles. The van der Waals surface area contributed by atoms with Crippen molar-refractivity contribution in [1.29, 1.82) is 0 Å². The van der Waals surface area contributed by atoms with Crippen LogP contribution in [0.2, 0.25) is 0 Å². The van der Waals surface area contributed by atoms with Crippen molar-refractivity contribution in [3.05, 3.63) is 54.1 Å². The maximum absolute atomic E-state index is 11.2. The zero-order valence-electron chi connectivity index (χ0n) is 21.4. The third-order valence-electron chi connectivity index (χ3n) is 5.27. The number of unbranched alkanes of at least 4 members (excludes halogenated alkanes) is 1. The first-order chi connectivity index (χ1) is 16.3. The lowest BCUT2D eigenvalue weighted by atomic mass is 9.99. The fourth-order valence-corrected chi connectivity index (χ4v) is 3.78. The van der Waals surface area contributed by atoms with E-state index in [4.69, 9.17) is 9.47 Å². The Morgan fingerprint density at radius 1 is 0.941 bits per heavy atom. The van der Waals surface area contributed by atoms with Crippen LogP contribution in [0, 0.1) is 11.8 Å². The molecule has 0 radical (unpaired) electrons. The van der Waals surface area contributed by atoms with Crippen LogP contribution in [0.5, 0.6) is 5.75 Å². The maximum Gasteiger partial charge on any atom is 0.328 e. The lowest BCUT2D eigenvalue weighted by Crippen LogP contribution is -2.31. The minimum absolute atomic E-state index is 0.499. The summed E-state index contributed by atoms with van der Waals surface area (Å²) in [5.41, 5.74) is 4.07. The van der Waals surface area contributed by atoms with Crippen molar-refractivity contribution in [3.8, 4) is 16.9 Å². The van der Waals surface area contributed by atoms with Crippen molar-refractivity contribution in [1.82, 2.24) is 0 Å². The van der Waals surface area contributed by atoms with Crippen molar-refractivity contribution < 1.29 is 19.4 Å². The normalized spacial score (nSPS) is 11.5. The lowest BCUT2D eigenvalue weighted by molar-refractivity contribution is -0.131. The van der Waals surface area contributed by atoms with Gasteiger partial charge in [0.05, 0.1) is 6.61 Å². The van der Waals surface area contributed by atoms with E-state index in [0.29, 0.717) is 25.0 Å². The van der Waals surface area contributed by atoms with Crippen molar-refractivity contribution in [3.63, 3.8) is 0 Å². The van der Waals surface area contributed by atoms with Gasteiger partial charge in [0.2, 0.25) is 0 Å². The van der Waals surface area contributed by atoms with Crippen molar-refractivity contribution in [2.45, 2.75) is 47.5 Å². The second-order valence-corrected chi connectivity index (χ2v) is 9.48. The first-order valence-corrected chi connectivity index (χ1v) is 12.4. The molecule has 0 unspecified atom stereocenters. The molecule has 1 N–H and O–H groups in total. The van der Waals surface area contributed by atoms with E-state index in [1.165, 1.54) is 6.08 Å². The second-order valence-electron chi connectivity index (χ2n) is 9.48. The Labute approximate surface area is 205 Å². The number of aliphatic carboxylic acids is 1. The molecule has 0 amide bonds. The maximum atomic E-state index is 11.2. The van der Waals surface area contributed by atoms with Gasteiger partial charge < -0.3 is 19.5 Å². The monoisotopic (exact) mass is 467 g/mol. The Bertz CT molecular complexity index is 893. The molecule has 5 heteroatoms. The Kier molecular flexibility index (Phi) is 11.7. The molecule has 0 heterocycles. The van der Waals surface area contributed by atoms with E-state index in [2.05, 4.69) is 57.7 Å². The third kappa shape index (κ3) is 9.60. The second kappa shape index (κ2) is 14.5. The fourth-order valence-electron chi connectivity index (χ4n) is 3.78. The molecule has 0 aliphatic heterocycles. The number of carboxylic acids is 1. The molecule has 0 aromatic heterocycles. The molecule has 0 bridgehead atoms. The molecule has 0 atom stereocenters. The zero-order chi connectivity index (χ0) is 24.9. The molecule has 34 heavy (non-hydrogen) atoms. The summed E-state index contributed by atoms with van der Waals surface area (Å²) in [6, 6.07) is 14.3. The first-order valence-electron chi connectivity index (χ1n) is 12.4. The van der Waals surface area contributed by atoms with Gasteiger partial charge in [0.25, 0.3) is 0 Å². The van der Waals surface area contributed by atoms with Crippen LogP contribution in [-0.2, 0) is 9.53 Å². The van der Waals surface area contributed by atoms with Gasteiger partial charge in [0.1, 0.15) is 12.4 Å². The van der Waals surface area contributed by atoms with Crippen LogP contribution in [0.3, 0.4) is 0 Å². The highest BCUT2D eigenvalue weighted by Crippen LogP contribution is 2.31. The van der Waals surface area contributed by atoms with Crippen LogP contribution < -0.4 is 9.64 Å². The van der Waals surface area contributed by atoms with Crippen LogP contribution in [-0.4, -0.2) is 44.0 Å². The molecule has 0 fully saturated rings. The summed E-state index contributed by atoms with van der Waals surface area (Å²) in [5.74, 6) is 0.861. The van der Waals surface area contributed by atoms with Gasteiger partial charge in [-0.25, -0.2) is 4.79 Å². The third-order valence-corrected chi connectivity index (χ3v) is 5.27. The van der Waals surface area contributed by atoms with Crippen LogP contribution >= 0.6 is 0 Å². The van der Waals surface area contributed by atoms with Crippen LogP contribution in [0.1, 0.15) is 53.0 Å². The van der Waals surface area contributed by atoms with Gasteiger partial charge in [-0.05, 0) is 65.3 Å². The van der Waals surface area contributed by atoms with E-state index in [1.54, 1.807) is 6.08 Å². The minimum atomic E-state index is -0.948. The number of anilines is 1. The number of carboxylic acid groups (broad SMARTS) is 1. The van der Waals surface area contributed by atoms with Gasteiger partial charge in [-0.15, -0.1) is 0 Å². The van der Waals surface area contributed by atoms with E-state index >= 15 is 0 Å². The van der Waals surface area contributed by atoms with E-state index in [0.717, 1.165) is 60.7 Å². The van der Waals surface area contributed by atoms with Crippen molar-refractivity contribution in [2.24, 2.45) is 11.8 Å². The molecule has 0 spiro atoms. The largest absolute Gasteiger partial charge is 0.491 e. The number of ether oxygens (including phenoxy) is 2. The number of benzene rings is 2. The molecular weight excluding hydrogens is 426 g/mol. The van der Waals surface area contributed by atoms with Crippen LogP contribution in [0.4, 0.5) is 5.69 Å². The SMILES string of the molecule is CCCCOCCOc1ccc(-c2ccc(N(CC(C)C)CC(C)C)c(C=CC(=O)O)c2)cc1. The number of carbonyl (C=O) groups is 1. The lowest BCUT2D eigenvalue weighted by Gasteiger charge is -2.30. The van der Waals surface area contributed by atoms with Gasteiger partial charge in [-0.1, -0.05) is 59.2 Å². The van der Waals surface area contributed by atoms with Gasteiger partial charge in [-0.3, -0.25) is 0 Å². The van der Waals surface area contributed by atoms with Gasteiger partial charge in [0, 0.05) is 31.5 Å². The molecule has 2 rings (SSSR count). The summed E-state index contributed by atoms with van der Waals surface area (Å²) in [5, 5.41) is 9.22. The Balaban J connectivity index is 2.22. The molecule has 186 valence electrons. The van der Waals surface area contributed by atoms with Gasteiger partial charge in [-0.2, -0.15) is 0 Å². The highest BCUT2D eigenvalue weighted by Gasteiger charge is 2.15. The minimum Gasteiger partial charge on any atom is -0.491 e. The van der Waals surface area contributed by atoms with Gasteiger partial charge >= 0.3 is 5.97 Å². The van der Waals surface area contributed by atoms with Gasteiger partial charge in [0.15, 0.2) is 0 Å². The predicted molar refractivity (Wildman–Crippen MR) is 142 cm³/mol. The molecule has 0 aliphatic rings. The Morgan fingerprint density at radius 3 is 2.18 bits per heavy atom. The number of rotatable bonds is 15. The first kappa shape index (κ1) is 27.5. The van der Waals surface area contributed by atoms with E-state index < -0.39 is 5.97 Å². The summed E-state index contributed by atoms with van der Waals surface area (Å²) in [6.45, 7) is 14.7. The molecular formula is C29H41NO4. The Morgan fingerprint density at radius 2 is 1.59 bits per heavy atom. The van der Waals surface area contributed by atoms with E-state index in [9.17, 15) is 9.90 Å². The quantitative estimate of drug-likeness (QED) is 0.231. The highest BCUT2D eigenvalue weighted by molar-refractivity contribution is 5.88. The molecule has 0 saturated carbocycles. The number of hydrogen-bond acceptors (Lipinski definition) is 4. The van der Waals surface area contributed by atoms with E-state index in [1.807, 2.05) is 24.3 Å². The molecule has 0 aliphatic carbocycles. The summed E-state index contributed by atoms with van der Waals surface area (Å²) < 4.78 is 11.3. The fraction of sp³-hybridized carbons (Fsp3) is 0.483. The topological polar surface area (TPSA) is 59.0 Å². The van der Waals surface area contributed by atoms with Crippen molar-refractivity contribution in [2.75, 3.05) is 37.8 Å². The zero-order valence-corrected chi connectivity index (χ0v) is 21.4. The summed E-state index contributed by atoms with van der Waals surface area (Å²) in [4.78, 5) is 13.6. The summed E-state index contributed by atoms with van der Waals surface area (Å²) >= 11 is 0. The highest BCUT2D eigenvalue weighted by atomic mass is 16.5. The average molecular weight is 468 g/mol. The summed E-state index contributed by atoms with van der Waals surface area (Å²) in [6.07, 6.45) is 5.12. The Hall–Kier alpha value is -2.79. The van der Waals surface area contributed by atoms with Crippen molar-refractivity contribution >= 4 is 17.7 Å². The molecule has 2 aromatic rings. The number of nitrogens with zero attached hydrogens (tertiary/aromatic N) is 1. The number of hydrogen-bond donors (Lipinski definition) is 1. The summed E-state index contributed by atoms with van der Waals surface area (Å²) in [7, 11) is 0. The standard InChI is InChI=1S/C29H41NO4/c1-6-7-16-33-17-18-34-27-12-8-24(9-13-27)25-10-14-28(26(19-25)11-15-29(31)32)30(20-22(2)3)21-23(4)5/h8-15,19,22-23H,6-7,16-18,20-21H2,1-5H3,(H,31,32). The van der Waals surface area contributed by atoms with Crippen LogP contribution in [0.15, 0.2) is 48.5 Å². The average Bonchev–Trinajstić information content (AvgIpc) is 2.79. The van der Waals surface area contributed by atoms with Crippen LogP contribution in [0.25, 0.3) is 17.2 Å². The smallest absolute Gasteiger partial charge is 0.328 e.